The molecule has 1 heterocycles. The van der Waals surface area contributed by atoms with Gasteiger partial charge in [0.15, 0.2) is 5.78 Å². The zero-order valence-corrected chi connectivity index (χ0v) is 9.99. The number of anilines is 1. The number of nitrogens with zero attached hydrogens (tertiary/aromatic N) is 1. The molecule has 0 spiro atoms. The van der Waals surface area contributed by atoms with Gasteiger partial charge in [-0.15, -0.1) is 0 Å². The SMILES string of the molecule is COc1ccc(N2CC(=O)CC2(C)C)cc1. The van der Waals surface area contributed by atoms with Crippen molar-refractivity contribution < 1.29 is 9.53 Å². The summed E-state index contributed by atoms with van der Waals surface area (Å²) >= 11 is 0. The zero-order valence-electron chi connectivity index (χ0n) is 9.99. The van der Waals surface area contributed by atoms with Gasteiger partial charge in [-0.3, -0.25) is 4.79 Å². The predicted molar refractivity (Wildman–Crippen MR) is 64.0 cm³/mol. The van der Waals surface area contributed by atoms with Crippen molar-refractivity contribution in [2.75, 3.05) is 18.6 Å². The second kappa shape index (κ2) is 3.81. The van der Waals surface area contributed by atoms with E-state index in [9.17, 15) is 4.79 Å². The molecule has 3 nitrogen and oxygen atoms in total. The smallest absolute Gasteiger partial charge is 0.154 e. The second-order valence-corrected chi connectivity index (χ2v) is 4.81. The molecule has 1 aromatic rings. The van der Waals surface area contributed by atoms with Crippen LogP contribution < -0.4 is 9.64 Å². The lowest BCUT2D eigenvalue weighted by Gasteiger charge is -2.32. The molecule has 0 atom stereocenters. The summed E-state index contributed by atoms with van der Waals surface area (Å²) in [6, 6.07) is 7.85. The lowest BCUT2D eigenvalue weighted by molar-refractivity contribution is -0.116. The van der Waals surface area contributed by atoms with Crippen LogP contribution >= 0.6 is 0 Å². The maximum Gasteiger partial charge on any atom is 0.154 e. The Balaban J connectivity index is 2.26. The van der Waals surface area contributed by atoms with Gasteiger partial charge in [-0.1, -0.05) is 0 Å². The van der Waals surface area contributed by atoms with Gasteiger partial charge in [0.25, 0.3) is 0 Å². The fraction of sp³-hybridized carbons (Fsp3) is 0.462. The van der Waals surface area contributed by atoms with Crippen LogP contribution in [-0.4, -0.2) is 25.0 Å². The van der Waals surface area contributed by atoms with Gasteiger partial charge in [0.2, 0.25) is 0 Å². The fourth-order valence-corrected chi connectivity index (χ4v) is 2.23. The second-order valence-electron chi connectivity index (χ2n) is 4.81. The average molecular weight is 219 g/mol. The Hall–Kier alpha value is -1.51. The van der Waals surface area contributed by atoms with Crippen molar-refractivity contribution in [3.63, 3.8) is 0 Å². The molecule has 1 saturated heterocycles. The highest BCUT2D eigenvalue weighted by Gasteiger charge is 2.37. The molecule has 0 radical (unpaired) electrons. The van der Waals surface area contributed by atoms with Crippen LogP contribution in [0.25, 0.3) is 0 Å². The van der Waals surface area contributed by atoms with Gasteiger partial charge >= 0.3 is 0 Å². The van der Waals surface area contributed by atoms with Gasteiger partial charge in [-0.25, -0.2) is 0 Å². The van der Waals surface area contributed by atoms with Gasteiger partial charge in [0.1, 0.15) is 5.75 Å². The van der Waals surface area contributed by atoms with E-state index in [2.05, 4.69) is 18.7 Å². The van der Waals surface area contributed by atoms with Crippen molar-refractivity contribution in [1.82, 2.24) is 0 Å². The monoisotopic (exact) mass is 219 g/mol. The summed E-state index contributed by atoms with van der Waals surface area (Å²) in [5.41, 5.74) is 1.00. The number of hydrogen-bond acceptors (Lipinski definition) is 3. The Bertz CT molecular complexity index is 395. The topological polar surface area (TPSA) is 29.5 Å². The molecule has 1 aliphatic rings. The Morgan fingerprint density at radius 3 is 2.31 bits per heavy atom. The van der Waals surface area contributed by atoms with Crippen LogP contribution in [0.2, 0.25) is 0 Å². The lowest BCUT2D eigenvalue weighted by atomic mass is 10.0. The number of hydrogen-bond donors (Lipinski definition) is 0. The number of carbonyl (C=O) groups excluding carboxylic acids is 1. The quantitative estimate of drug-likeness (QED) is 0.764. The van der Waals surface area contributed by atoms with E-state index in [0.717, 1.165) is 11.4 Å². The summed E-state index contributed by atoms with van der Waals surface area (Å²) in [5, 5.41) is 0. The number of ether oxygens (including phenoxy) is 1. The molecule has 1 aromatic carbocycles. The normalized spacial score (nSPS) is 18.9. The van der Waals surface area contributed by atoms with E-state index >= 15 is 0 Å². The zero-order chi connectivity index (χ0) is 11.8. The van der Waals surface area contributed by atoms with Crippen LogP contribution in [0.5, 0.6) is 5.75 Å². The third-order valence-corrected chi connectivity index (χ3v) is 3.08. The highest BCUT2D eigenvalue weighted by molar-refractivity contribution is 5.89. The maximum atomic E-state index is 11.5. The molecule has 3 heteroatoms. The van der Waals surface area contributed by atoms with E-state index < -0.39 is 0 Å². The van der Waals surface area contributed by atoms with E-state index in [1.54, 1.807) is 7.11 Å². The Morgan fingerprint density at radius 1 is 1.25 bits per heavy atom. The van der Waals surface area contributed by atoms with Gasteiger partial charge in [-0.2, -0.15) is 0 Å². The molecule has 1 fully saturated rings. The average Bonchev–Trinajstić information content (AvgIpc) is 2.52. The molecule has 86 valence electrons. The molecular weight excluding hydrogens is 202 g/mol. The summed E-state index contributed by atoms with van der Waals surface area (Å²) in [4.78, 5) is 13.6. The molecule has 16 heavy (non-hydrogen) atoms. The van der Waals surface area contributed by atoms with Crippen LogP contribution in [-0.2, 0) is 4.79 Å². The van der Waals surface area contributed by atoms with Crippen molar-refractivity contribution >= 4 is 11.5 Å². The minimum atomic E-state index is -0.0777. The minimum absolute atomic E-state index is 0.0777. The number of carbonyl (C=O) groups is 1. The third kappa shape index (κ3) is 1.90. The van der Waals surface area contributed by atoms with Crippen molar-refractivity contribution in [2.24, 2.45) is 0 Å². The molecule has 0 unspecified atom stereocenters. The highest BCUT2D eigenvalue weighted by atomic mass is 16.5. The first-order valence-electron chi connectivity index (χ1n) is 5.46. The molecule has 0 saturated carbocycles. The molecular formula is C13H17NO2. The van der Waals surface area contributed by atoms with Gasteiger partial charge in [0.05, 0.1) is 13.7 Å². The lowest BCUT2D eigenvalue weighted by Crippen LogP contribution is -2.38. The summed E-state index contributed by atoms with van der Waals surface area (Å²) in [6.45, 7) is 4.71. The van der Waals surface area contributed by atoms with Crippen molar-refractivity contribution in [3.8, 4) is 5.75 Å². The largest absolute Gasteiger partial charge is 0.497 e. The minimum Gasteiger partial charge on any atom is -0.497 e. The van der Waals surface area contributed by atoms with Crippen LogP contribution in [0.4, 0.5) is 5.69 Å². The molecule has 0 amide bonds. The van der Waals surface area contributed by atoms with E-state index in [0.29, 0.717) is 18.7 Å². The van der Waals surface area contributed by atoms with E-state index in [4.69, 9.17) is 4.74 Å². The number of rotatable bonds is 2. The summed E-state index contributed by atoms with van der Waals surface area (Å²) in [5.74, 6) is 1.15. The number of methoxy groups -OCH3 is 1. The number of benzene rings is 1. The molecule has 0 aliphatic carbocycles. The van der Waals surface area contributed by atoms with E-state index in [1.165, 1.54) is 0 Å². The molecule has 2 rings (SSSR count). The van der Waals surface area contributed by atoms with E-state index in [-0.39, 0.29) is 5.54 Å². The van der Waals surface area contributed by atoms with Crippen molar-refractivity contribution in [1.29, 1.82) is 0 Å². The van der Waals surface area contributed by atoms with Crippen LogP contribution in [0, 0.1) is 0 Å². The van der Waals surface area contributed by atoms with Crippen molar-refractivity contribution in [3.05, 3.63) is 24.3 Å². The third-order valence-electron chi connectivity index (χ3n) is 3.08. The fourth-order valence-electron chi connectivity index (χ4n) is 2.23. The van der Waals surface area contributed by atoms with Crippen LogP contribution in [0.3, 0.4) is 0 Å². The maximum absolute atomic E-state index is 11.5. The van der Waals surface area contributed by atoms with Gasteiger partial charge < -0.3 is 9.64 Å². The Kier molecular flexibility index (Phi) is 2.62. The van der Waals surface area contributed by atoms with Gasteiger partial charge in [-0.05, 0) is 38.1 Å². The first kappa shape index (κ1) is 11.0. The van der Waals surface area contributed by atoms with Crippen LogP contribution in [0.15, 0.2) is 24.3 Å². The summed E-state index contributed by atoms with van der Waals surface area (Å²) < 4.78 is 5.12. The summed E-state index contributed by atoms with van der Waals surface area (Å²) in [7, 11) is 1.65. The summed E-state index contributed by atoms with van der Waals surface area (Å²) in [6.07, 6.45) is 0.624. The van der Waals surface area contributed by atoms with Crippen molar-refractivity contribution in [2.45, 2.75) is 25.8 Å². The molecule has 1 aliphatic heterocycles. The number of ketones is 1. The first-order chi connectivity index (χ1) is 7.53. The Morgan fingerprint density at radius 2 is 1.88 bits per heavy atom. The predicted octanol–water partition coefficient (Wildman–Crippen LogP) is 2.25. The van der Waals surface area contributed by atoms with Gasteiger partial charge in [0, 0.05) is 17.6 Å². The van der Waals surface area contributed by atoms with E-state index in [1.807, 2.05) is 24.3 Å². The Labute approximate surface area is 96.0 Å². The highest BCUT2D eigenvalue weighted by Crippen LogP contribution is 2.32. The standard InChI is InChI=1S/C13H17NO2/c1-13(2)8-11(15)9-14(13)10-4-6-12(16-3)7-5-10/h4-7H,8-9H2,1-3H3. The molecule has 0 N–H and O–H groups in total. The number of Topliss-reactive ketones (excluding diaryl/α,β-unsaturated/α-hetero) is 1. The molecule has 0 aromatic heterocycles. The first-order valence-corrected chi connectivity index (χ1v) is 5.46. The molecule has 0 bridgehead atoms. The van der Waals surface area contributed by atoms with Crippen LogP contribution in [0.1, 0.15) is 20.3 Å².